The van der Waals surface area contributed by atoms with Crippen molar-refractivity contribution in [2.45, 2.75) is 13.3 Å². The monoisotopic (exact) mass is 250 g/mol. The van der Waals surface area contributed by atoms with Crippen molar-refractivity contribution in [3.63, 3.8) is 0 Å². The summed E-state index contributed by atoms with van der Waals surface area (Å²) in [6.07, 6.45) is -0.00227. The summed E-state index contributed by atoms with van der Waals surface area (Å²) in [6.45, 7) is 1.80. The highest BCUT2D eigenvalue weighted by molar-refractivity contribution is 5.97. The van der Waals surface area contributed by atoms with E-state index in [9.17, 15) is 13.6 Å². The predicted molar refractivity (Wildman–Crippen MR) is 62.3 cm³/mol. The maximum Gasteiger partial charge on any atom is 0.171 e. The molecule has 0 amide bonds. The lowest BCUT2D eigenvalue weighted by atomic mass is 10.1. The van der Waals surface area contributed by atoms with Gasteiger partial charge in [0.05, 0.1) is 17.7 Å². The van der Waals surface area contributed by atoms with Crippen LogP contribution in [-0.4, -0.2) is 15.6 Å². The maximum absolute atomic E-state index is 13.4. The first kappa shape index (κ1) is 12.4. The molecular weight excluding hydrogens is 238 g/mol. The molecule has 94 valence electrons. The Morgan fingerprint density at radius 3 is 2.67 bits per heavy atom. The molecule has 2 rings (SSSR count). The van der Waals surface area contributed by atoms with Crippen molar-refractivity contribution in [2.75, 3.05) is 0 Å². The van der Waals surface area contributed by atoms with E-state index < -0.39 is 17.4 Å². The molecule has 18 heavy (non-hydrogen) atoms. The quantitative estimate of drug-likeness (QED) is 0.784. The molecule has 0 saturated carbocycles. The molecular formula is C13H12F2N2O. The number of carbonyl (C=O) groups is 1. The molecule has 0 spiro atoms. The fraction of sp³-hybridized carbons (Fsp3) is 0.231. The summed E-state index contributed by atoms with van der Waals surface area (Å²) in [5, 5.41) is 4.09. The lowest BCUT2D eigenvalue weighted by Crippen LogP contribution is -2.10. The van der Waals surface area contributed by atoms with E-state index in [0.717, 1.165) is 23.9 Å². The topological polar surface area (TPSA) is 34.9 Å². The first-order valence-electron chi connectivity index (χ1n) is 5.45. The second kappa shape index (κ2) is 4.68. The zero-order valence-electron chi connectivity index (χ0n) is 10.1. The SMILES string of the molecule is Cc1cc(CC(=O)c2cc(F)ccc2F)n(C)n1. The molecule has 3 nitrogen and oxygen atoms in total. The summed E-state index contributed by atoms with van der Waals surface area (Å²) < 4.78 is 28.0. The van der Waals surface area contributed by atoms with E-state index in [1.807, 2.05) is 0 Å². The number of benzene rings is 1. The minimum Gasteiger partial charge on any atom is -0.294 e. The van der Waals surface area contributed by atoms with Crippen molar-refractivity contribution >= 4 is 5.78 Å². The Hall–Kier alpha value is -2.04. The van der Waals surface area contributed by atoms with Crippen molar-refractivity contribution < 1.29 is 13.6 Å². The van der Waals surface area contributed by atoms with Crippen LogP contribution in [0.25, 0.3) is 0 Å². The van der Waals surface area contributed by atoms with E-state index in [1.165, 1.54) is 0 Å². The molecule has 1 aromatic carbocycles. The molecule has 0 bridgehead atoms. The van der Waals surface area contributed by atoms with E-state index >= 15 is 0 Å². The van der Waals surface area contributed by atoms with Crippen LogP contribution in [0.4, 0.5) is 8.78 Å². The summed E-state index contributed by atoms with van der Waals surface area (Å²) in [4.78, 5) is 11.9. The van der Waals surface area contributed by atoms with Gasteiger partial charge in [-0.3, -0.25) is 9.48 Å². The number of aromatic nitrogens is 2. The molecule has 2 aromatic rings. The van der Waals surface area contributed by atoms with Crippen LogP contribution in [0.15, 0.2) is 24.3 Å². The first-order valence-corrected chi connectivity index (χ1v) is 5.45. The third-order valence-corrected chi connectivity index (χ3v) is 2.67. The van der Waals surface area contributed by atoms with Crippen LogP contribution in [0.2, 0.25) is 0 Å². The molecule has 1 heterocycles. The van der Waals surface area contributed by atoms with Crippen molar-refractivity contribution in [3.05, 3.63) is 52.9 Å². The van der Waals surface area contributed by atoms with E-state index in [4.69, 9.17) is 0 Å². The number of hydrogen-bond acceptors (Lipinski definition) is 2. The molecule has 0 radical (unpaired) electrons. The first-order chi connectivity index (χ1) is 8.47. The second-order valence-electron chi connectivity index (χ2n) is 4.12. The van der Waals surface area contributed by atoms with Crippen LogP contribution in [0, 0.1) is 18.6 Å². The fourth-order valence-electron chi connectivity index (χ4n) is 1.80. The predicted octanol–water partition coefficient (Wildman–Crippen LogP) is 2.43. The maximum atomic E-state index is 13.4. The number of hydrogen-bond donors (Lipinski definition) is 0. The fourth-order valence-corrected chi connectivity index (χ4v) is 1.80. The number of ketones is 1. The Balaban J connectivity index is 2.27. The van der Waals surface area contributed by atoms with Gasteiger partial charge >= 0.3 is 0 Å². The van der Waals surface area contributed by atoms with Crippen molar-refractivity contribution in [1.29, 1.82) is 0 Å². The zero-order chi connectivity index (χ0) is 13.3. The molecule has 0 unspecified atom stereocenters. The number of halogens is 2. The molecule has 0 aliphatic heterocycles. The van der Waals surface area contributed by atoms with Crippen LogP contribution >= 0.6 is 0 Å². The number of aryl methyl sites for hydroxylation is 2. The highest BCUT2D eigenvalue weighted by Gasteiger charge is 2.15. The normalized spacial score (nSPS) is 10.7. The minimum absolute atomic E-state index is 0.00227. The smallest absolute Gasteiger partial charge is 0.171 e. The number of rotatable bonds is 3. The minimum atomic E-state index is -0.708. The Bertz CT molecular complexity index is 605. The van der Waals surface area contributed by atoms with Crippen molar-refractivity contribution in [3.8, 4) is 0 Å². The van der Waals surface area contributed by atoms with Gasteiger partial charge in [-0.15, -0.1) is 0 Å². The van der Waals surface area contributed by atoms with Gasteiger partial charge in [0, 0.05) is 12.7 Å². The van der Waals surface area contributed by atoms with Gasteiger partial charge in [0.25, 0.3) is 0 Å². The standard InChI is InChI=1S/C13H12F2N2O/c1-8-5-10(17(2)16-8)7-13(18)11-6-9(14)3-4-12(11)15/h3-6H,7H2,1-2H3. The lowest BCUT2D eigenvalue weighted by molar-refractivity contribution is 0.0986. The average Bonchev–Trinajstić information content (AvgIpc) is 2.61. The van der Waals surface area contributed by atoms with Crippen LogP contribution in [0.5, 0.6) is 0 Å². The molecule has 0 aliphatic rings. The summed E-state index contributed by atoms with van der Waals surface area (Å²) in [6, 6.07) is 4.60. The Labute approximate surface area is 103 Å². The van der Waals surface area contributed by atoms with Crippen LogP contribution in [0.1, 0.15) is 21.7 Å². The van der Waals surface area contributed by atoms with Crippen molar-refractivity contribution in [2.24, 2.45) is 7.05 Å². The largest absolute Gasteiger partial charge is 0.294 e. The zero-order valence-corrected chi connectivity index (χ0v) is 10.1. The third-order valence-electron chi connectivity index (χ3n) is 2.67. The summed E-state index contributed by atoms with van der Waals surface area (Å²) in [7, 11) is 1.71. The van der Waals surface area contributed by atoms with E-state index in [0.29, 0.717) is 5.69 Å². The molecule has 0 fully saturated rings. The van der Waals surface area contributed by atoms with Crippen LogP contribution in [0.3, 0.4) is 0 Å². The number of carbonyl (C=O) groups excluding carboxylic acids is 1. The van der Waals surface area contributed by atoms with Crippen LogP contribution < -0.4 is 0 Å². The van der Waals surface area contributed by atoms with Crippen LogP contribution in [-0.2, 0) is 13.5 Å². The molecule has 5 heteroatoms. The lowest BCUT2D eigenvalue weighted by Gasteiger charge is -2.03. The Morgan fingerprint density at radius 1 is 1.33 bits per heavy atom. The van der Waals surface area contributed by atoms with E-state index in [2.05, 4.69) is 5.10 Å². The number of Topliss-reactive ketones (excluding diaryl/α,β-unsaturated/α-hetero) is 1. The number of nitrogens with zero attached hydrogens (tertiary/aromatic N) is 2. The summed E-state index contributed by atoms with van der Waals surface area (Å²) in [5.41, 5.74) is 1.22. The molecule has 0 saturated heterocycles. The summed E-state index contributed by atoms with van der Waals surface area (Å²) in [5.74, 6) is -1.80. The van der Waals surface area contributed by atoms with Gasteiger partial charge in [-0.05, 0) is 31.2 Å². The van der Waals surface area contributed by atoms with E-state index in [1.54, 1.807) is 24.7 Å². The van der Waals surface area contributed by atoms with Gasteiger partial charge in [-0.25, -0.2) is 8.78 Å². The van der Waals surface area contributed by atoms with Gasteiger partial charge in [0.15, 0.2) is 5.78 Å². The van der Waals surface area contributed by atoms with Gasteiger partial charge < -0.3 is 0 Å². The van der Waals surface area contributed by atoms with Gasteiger partial charge in [0.1, 0.15) is 11.6 Å². The molecule has 1 aromatic heterocycles. The Morgan fingerprint density at radius 2 is 2.06 bits per heavy atom. The molecule has 0 N–H and O–H groups in total. The van der Waals surface area contributed by atoms with Gasteiger partial charge in [-0.1, -0.05) is 0 Å². The third kappa shape index (κ3) is 2.45. The van der Waals surface area contributed by atoms with Crippen molar-refractivity contribution in [1.82, 2.24) is 9.78 Å². The van der Waals surface area contributed by atoms with Gasteiger partial charge in [-0.2, -0.15) is 5.10 Å². The summed E-state index contributed by atoms with van der Waals surface area (Å²) >= 11 is 0. The second-order valence-corrected chi connectivity index (χ2v) is 4.12. The van der Waals surface area contributed by atoms with E-state index in [-0.39, 0.29) is 12.0 Å². The Kier molecular flexibility index (Phi) is 3.23. The van der Waals surface area contributed by atoms with Gasteiger partial charge in [0.2, 0.25) is 0 Å². The highest BCUT2D eigenvalue weighted by atomic mass is 19.1. The molecule has 0 aliphatic carbocycles. The average molecular weight is 250 g/mol. The highest BCUT2D eigenvalue weighted by Crippen LogP contribution is 2.13. The molecule has 0 atom stereocenters.